The van der Waals surface area contributed by atoms with Crippen LogP contribution in [0.5, 0.6) is 0 Å². The molecule has 6 nitrogen and oxygen atoms in total. The summed E-state index contributed by atoms with van der Waals surface area (Å²) in [6.07, 6.45) is 6.03. The Hall–Kier alpha value is -3.15. The average Bonchev–Trinajstić information content (AvgIpc) is 3.02. The molecule has 0 fully saturated rings. The largest absolute Gasteiger partial charge is 0.364 e. The van der Waals surface area contributed by atoms with Gasteiger partial charge in [-0.3, -0.25) is 9.59 Å². The number of amides is 2. The number of imidazole rings is 1. The van der Waals surface area contributed by atoms with Gasteiger partial charge in [0.15, 0.2) is 0 Å². The van der Waals surface area contributed by atoms with Gasteiger partial charge in [-0.2, -0.15) is 0 Å². The summed E-state index contributed by atoms with van der Waals surface area (Å²) in [7, 11) is 0. The molecule has 2 aromatic rings. The fourth-order valence-electron chi connectivity index (χ4n) is 2.12. The van der Waals surface area contributed by atoms with Gasteiger partial charge in [0.25, 0.3) is 5.91 Å². The molecule has 0 bridgehead atoms. The molecule has 0 radical (unpaired) electrons. The van der Waals surface area contributed by atoms with Crippen LogP contribution in [0.15, 0.2) is 48.4 Å². The number of H-pyrrole nitrogens is 1. The van der Waals surface area contributed by atoms with Crippen molar-refractivity contribution in [3.8, 4) is 0 Å². The summed E-state index contributed by atoms with van der Waals surface area (Å²) in [6, 6.07) is 9.14. The van der Waals surface area contributed by atoms with Crippen LogP contribution in [0.4, 0.5) is 0 Å². The van der Waals surface area contributed by atoms with E-state index in [9.17, 15) is 9.59 Å². The minimum absolute atomic E-state index is 0.0296. The van der Waals surface area contributed by atoms with E-state index in [1.807, 2.05) is 44.2 Å². The Morgan fingerprint density at radius 2 is 1.96 bits per heavy atom. The number of benzene rings is 1. The molecule has 0 saturated carbocycles. The maximum absolute atomic E-state index is 12.0. The van der Waals surface area contributed by atoms with Crippen LogP contribution in [0.2, 0.25) is 0 Å². The summed E-state index contributed by atoms with van der Waals surface area (Å²) in [5.41, 5.74) is 7.75. The summed E-state index contributed by atoms with van der Waals surface area (Å²) in [5.74, 6) is -0.897. The van der Waals surface area contributed by atoms with Crippen molar-refractivity contribution in [2.24, 2.45) is 5.73 Å². The van der Waals surface area contributed by atoms with E-state index in [0.29, 0.717) is 5.69 Å². The molecule has 0 aliphatic carbocycles. The first kappa shape index (κ1) is 17.2. The number of hydrogen-bond acceptors (Lipinski definition) is 3. The van der Waals surface area contributed by atoms with Gasteiger partial charge in [0.1, 0.15) is 5.70 Å². The third-order valence-corrected chi connectivity index (χ3v) is 3.30. The molecule has 0 aliphatic heterocycles. The summed E-state index contributed by atoms with van der Waals surface area (Å²) in [4.78, 5) is 30.8. The molecular weight excluding hydrogens is 304 g/mol. The lowest BCUT2D eigenvalue weighted by molar-refractivity contribution is -0.119. The van der Waals surface area contributed by atoms with Crippen LogP contribution >= 0.6 is 0 Å². The first-order valence-corrected chi connectivity index (χ1v) is 7.56. The van der Waals surface area contributed by atoms with Crippen LogP contribution in [-0.2, 0) is 9.59 Å². The molecule has 0 saturated heterocycles. The number of primary amides is 1. The summed E-state index contributed by atoms with van der Waals surface area (Å²) >= 11 is 0. The van der Waals surface area contributed by atoms with Gasteiger partial charge in [0.05, 0.1) is 12.0 Å². The van der Waals surface area contributed by atoms with Crippen molar-refractivity contribution in [1.29, 1.82) is 0 Å². The third kappa shape index (κ3) is 4.67. The van der Waals surface area contributed by atoms with Crippen molar-refractivity contribution < 1.29 is 9.59 Å². The van der Waals surface area contributed by atoms with E-state index in [4.69, 9.17) is 5.73 Å². The number of carbonyl (C=O) groups excluding carboxylic acids is 2. The van der Waals surface area contributed by atoms with E-state index in [0.717, 1.165) is 11.3 Å². The van der Waals surface area contributed by atoms with Crippen LogP contribution in [0.25, 0.3) is 12.2 Å². The molecule has 1 aromatic heterocycles. The van der Waals surface area contributed by atoms with Crippen LogP contribution in [-0.4, -0.2) is 21.8 Å². The van der Waals surface area contributed by atoms with Crippen molar-refractivity contribution in [2.45, 2.75) is 19.8 Å². The van der Waals surface area contributed by atoms with E-state index in [1.165, 1.54) is 12.2 Å². The quantitative estimate of drug-likeness (QED) is 0.710. The van der Waals surface area contributed by atoms with Gasteiger partial charge in [0.2, 0.25) is 5.91 Å². The molecule has 1 aromatic carbocycles. The minimum atomic E-state index is -0.705. The number of nitrogens with two attached hydrogens (primary N) is 1. The zero-order chi connectivity index (χ0) is 17.5. The highest BCUT2D eigenvalue weighted by Crippen LogP contribution is 2.16. The van der Waals surface area contributed by atoms with Gasteiger partial charge in [-0.05, 0) is 23.6 Å². The molecule has 0 atom stereocenters. The highest BCUT2D eigenvalue weighted by molar-refractivity contribution is 6.03. The third-order valence-electron chi connectivity index (χ3n) is 3.30. The first-order valence-electron chi connectivity index (χ1n) is 7.56. The maximum Gasteiger partial charge on any atom is 0.265 e. The summed E-state index contributed by atoms with van der Waals surface area (Å²) in [6.45, 7) is 4.05. The SMILES string of the molecule is CC(C)c1[nH]cnc1/C=C/C(=O)N/C(=C\c1ccccc1)C(N)=O. The lowest BCUT2D eigenvalue weighted by Crippen LogP contribution is -2.29. The second-order valence-electron chi connectivity index (χ2n) is 5.51. The lowest BCUT2D eigenvalue weighted by atomic mass is 10.1. The Morgan fingerprint density at radius 3 is 2.58 bits per heavy atom. The van der Waals surface area contributed by atoms with Gasteiger partial charge in [-0.1, -0.05) is 44.2 Å². The van der Waals surface area contributed by atoms with Gasteiger partial charge >= 0.3 is 0 Å². The molecule has 2 amide bonds. The maximum atomic E-state index is 12.0. The number of hydrogen-bond donors (Lipinski definition) is 3. The Morgan fingerprint density at radius 1 is 1.25 bits per heavy atom. The normalized spacial score (nSPS) is 11.9. The van der Waals surface area contributed by atoms with Crippen LogP contribution < -0.4 is 11.1 Å². The van der Waals surface area contributed by atoms with Crippen LogP contribution in [0, 0.1) is 0 Å². The van der Waals surface area contributed by atoms with Crippen LogP contribution in [0.3, 0.4) is 0 Å². The fraction of sp³-hybridized carbons (Fsp3) is 0.167. The average molecular weight is 324 g/mol. The zero-order valence-electron chi connectivity index (χ0n) is 13.6. The molecule has 0 spiro atoms. The van der Waals surface area contributed by atoms with Crippen molar-refractivity contribution in [3.63, 3.8) is 0 Å². The van der Waals surface area contributed by atoms with Crippen molar-refractivity contribution in [1.82, 2.24) is 15.3 Å². The van der Waals surface area contributed by atoms with Gasteiger partial charge in [-0.15, -0.1) is 0 Å². The molecule has 2 rings (SSSR count). The van der Waals surface area contributed by atoms with E-state index in [-0.39, 0.29) is 11.6 Å². The summed E-state index contributed by atoms with van der Waals surface area (Å²) in [5, 5.41) is 2.50. The number of nitrogens with zero attached hydrogens (tertiary/aromatic N) is 1. The smallest absolute Gasteiger partial charge is 0.265 e. The number of aromatic amines is 1. The Kier molecular flexibility index (Phi) is 5.68. The molecule has 124 valence electrons. The number of aromatic nitrogens is 2. The first-order chi connectivity index (χ1) is 11.5. The zero-order valence-corrected chi connectivity index (χ0v) is 13.6. The predicted octanol–water partition coefficient (Wildman–Crippen LogP) is 2.19. The van der Waals surface area contributed by atoms with Crippen molar-refractivity contribution in [3.05, 3.63) is 65.4 Å². The second kappa shape index (κ2) is 7.92. The number of carbonyl (C=O) groups is 2. The molecule has 4 N–H and O–H groups in total. The number of nitrogens with one attached hydrogen (secondary N) is 2. The van der Waals surface area contributed by atoms with E-state index >= 15 is 0 Å². The molecule has 6 heteroatoms. The van der Waals surface area contributed by atoms with Crippen molar-refractivity contribution in [2.75, 3.05) is 0 Å². The topological polar surface area (TPSA) is 101 Å². The lowest BCUT2D eigenvalue weighted by Gasteiger charge is -2.05. The molecule has 24 heavy (non-hydrogen) atoms. The Labute approximate surface area is 140 Å². The Balaban J connectivity index is 2.11. The molecule has 0 aliphatic rings. The molecular formula is C18H20N4O2. The highest BCUT2D eigenvalue weighted by atomic mass is 16.2. The van der Waals surface area contributed by atoms with E-state index < -0.39 is 11.8 Å². The van der Waals surface area contributed by atoms with Crippen molar-refractivity contribution >= 4 is 24.0 Å². The standard InChI is InChI=1S/C18H20N4O2/c1-12(2)17-14(20-11-21-17)8-9-16(23)22-15(18(19)24)10-13-6-4-3-5-7-13/h3-12H,1-2H3,(H2,19,24)(H,20,21)(H,22,23)/b9-8+,15-10-. The van der Waals surface area contributed by atoms with Gasteiger partial charge in [0, 0.05) is 11.8 Å². The molecule has 0 unspecified atom stereocenters. The van der Waals surface area contributed by atoms with Gasteiger partial charge in [-0.25, -0.2) is 4.98 Å². The van der Waals surface area contributed by atoms with Crippen LogP contribution in [0.1, 0.15) is 36.7 Å². The Bertz CT molecular complexity index is 773. The summed E-state index contributed by atoms with van der Waals surface area (Å²) < 4.78 is 0. The second-order valence-corrected chi connectivity index (χ2v) is 5.51. The van der Waals surface area contributed by atoms with Gasteiger partial charge < -0.3 is 16.0 Å². The van der Waals surface area contributed by atoms with E-state index in [2.05, 4.69) is 15.3 Å². The highest BCUT2D eigenvalue weighted by Gasteiger charge is 2.10. The number of rotatable bonds is 6. The monoisotopic (exact) mass is 324 g/mol. The van der Waals surface area contributed by atoms with E-state index in [1.54, 1.807) is 12.4 Å². The molecule has 1 heterocycles. The fourth-order valence-corrected chi connectivity index (χ4v) is 2.12. The predicted molar refractivity (Wildman–Crippen MR) is 93.5 cm³/mol. The minimum Gasteiger partial charge on any atom is -0.364 e.